The van der Waals surface area contributed by atoms with Gasteiger partial charge in [-0.15, -0.1) is 0 Å². The Bertz CT molecular complexity index is 330. The highest BCUT2D eigenvalue weighted by molar-refractivity contribution is 5.77. The Morgan fingerprint density at radius 1 is 1.39 bits per heavy atom. The molecule has 0 unspecified atom stereocenters. The molecule has 3 N–H and O–H groups in total. The molecule has 1 aliphatic carbocycles. The molecule has 1 saturated carbocycles. The highest BCUT2D eigenvalue weighted by Gasteiger charge is 2.40. The summed E-state index contributed by atoms with van der Waals surface area (Å²) in [5, 5.41) is 19.2. The molecule has 0 aromatic heterocycles. The third-order valence-corrected chi connectivity index (χ3v) is 2.33. The second kappa shape index (κ2) is 5.42. The minimum absolute atomic E-state index is 0.464. The van der Waals surface area contributed by atoms with Crippen molar-refractivity contribution in [2.75, 3.05) is 13.1 Å². The molecule has 0 heterocycles. The predicted molar refractivity (Wildman–Crippen MR) is 52.8 cm³/mol. The van der Waals surface area contributed by atoms with Crippen LogP contribution in [-0.4, -0.2) is 58.5 Å². The molecule has 0 saturated heterocycles. The molecule has 0 bridgehead atoms. The summed E-state index contributed by atoms with van der Waals surface area (Å²) in [5.74, 6) is -1.55. The number of aliphatic hydroxyl groups is 1. The summed E-state index contributed by atoms with van der Waals surface area (Å²) in [6.07, 6.45) is -5.36. The third-order valence-electron chi connectivity index (χ3n) is 2.33. The maximum Gasteiger partial charge on any atom is 0.406 e. The summed E-state index contributed by atoms with van der Waals surface area (Å²) in [6, 6.07) is -1.48. The summed E-state index contributed by atoms with van der Waals surface area (Å²) in [7, 11) is 0. The van der Waals surface area contributed by atoms with Gasteiger partial charge in [-0.05, 0) is 12.8 Å². The van der Waals surface area contributed by atoms with Crippen molar-refractivity contribution in [3.8, 4) is 0 Å². The molecule has 0 spiro atoms. The van der Waals surface area contributed by atoms with Gasteiger partial charge in [-0.3, -0.25) is 0 Å². The van der Waals surface area contributed by atoms with Gasteiger partial charge in [0.2, 0.25) is 0 Å². The first-order valence-corrected chi connectivity index (χ1v) is 5.23. The number of aliphatic hydroxyl groups excluding tert-OH is 1. The van der Waals surface area contributed by atoms with Crippen molar-refractivity contribution in [3.63, 3.8) is 0 Å². The number of carboxylic acid groups (broad SMARTS) is 1. The normalized spacial score (nSPS) is 17.1. The highest BCUT2D eigenvalue weighted by atomic mass is 19.4. The number of rotatable bonds is 5. The van der Waals surface area contributed by atoms with E-state index < -0.39 is 43.4 Å². The molecule has 6 nitrogen and oxygen atoms in total. The van der Waals surface area contributed by atoms with Crippen molar-refractivity contribution in [1.29, 1.82) is 0 Å². The Kier molecular flexibility index (Phi) is 4.38. The lowest BCUT2D eigenvalue weighted by Gasteiger charge is -2.24. The van der Waals surface area contributed by atoms with Crippen LogP contribution in [0.3, 0.4) is 0 Å². The van der Waals surface area contributed by atoms with Crippen LogP contribution >= 0.6 is 0 Å². The first kappa shape index (κ1) is 14.6. The fourth-order valence-corrected chi connectivity index (χ4v) is 1.32. The first-order valence-electron chi connectivity index (χ1n) is 5.23. The molecule has 104 valence electrons. The lowest BCUT2D eigenvalue weighted by molar-refractivity contribution is -0.146. The van der Waals surface area contributed by atoms with Crippen LogP contribution in [-0.2, 0) is 4.79 Å². The maximum atomic E-state index is 12.2. The minimum Gasteiger partial charge on any atom is -0.479 e. The molecule has 1 fully saturated rings. The van der Waals surface area contributed by atoms with Crippen LogP contribution in [0.4, 0.5) is 18.0 Å². The summed E-state index contributed by atoms with van der Waals surface area (Å²) < 4.78 is 36.6. The Morgan fingerprint density at radius 2 is 1.94 bits per heavy atom. The minimum atomic E-state index is -4.51. The van der Waals surface area contributed by atoms with Gasteiger partial charge in [-0.25, -0.2) is 9.59 Å². The van der Waals surface area contributed by atoms with Gasteiger partial charge in [0.05, 0.1) is 6.54 Å². The number of hydrogen-bond acceptors (Lipinski definition) is 3. The van der Waals surface area contributed by atoms with Gasteiger partial charge in [0, 0.05) is 6.04 Å². The maximum absolute atomic E-state index is 12.2. The van der Waals surface area contributed by atoms with E-state index in [1.807, 2.05) is 5.32 Å². The fourth-order valence-electron chi connectivity index (χ4n) is 1.32. The summed E-state index contributed by atoms with van der Waals surface area (Å²) in [6.45, 7) is -2.01. The lowest BCUT2D eigenvalue weighted by atomic mass is 10.3. The average molecular weight is 270 g/mol. The van der Waals surface area contributed by atoms with Crippen LogP contribution in [0.2, 0.25) is 0 Å². The smallest absolute Gasteiger partial charge is 0.406 e. The molecule has 0 aliphatic heterocycles. The molecule has 0 aromatic carbocycles. The zero-order valence-electron chi connectivity index (χ0n) is 9.28. The third kappa shape index (κ3) is 4.78. The standard InChI is InChI=1S/C9H13F3N2O4/c10-9(11,12)4-14(5-1-2-5)8(18)13-3-6(15)7(16)17/h5-6,15H,1-4H2,(H,13,18)(H,16,17)/t6-/m0/s1. The van der Waals surface area contributed by atoms with E-state index in [-0.39, 0.29) is 0 Å². The number of halogens is 3. The number of carbonyl (C=O) groups excluding carboxylic acids is 1. The molecule has 18 heavy (non-hydrogen) atoms. The predicted octanol–water partition coefficient (Wildman–Crippen LogP) is 0.168. The molecule has 1 aliphatic rings. The molecule has 1 rings (SSSR count). The summed E-state index contributed by atoms with van der Waals surface area (Å²) in [5.41, 5.74) is 0. The van der Waals surface area contributed by atoms with Crippen molar-refractivity contribution in [3.05, 3.63) is 0 Å². The van der Waals surface area contributed by atoms with Gasteiger partial charge in [0.1, 0.15) is 6.54 Å². The Morgan fingerprint density at radius 3 is 2.33 bits per heavy atom. The second-order valence-electron chi connectivity index (χ2n) is 4.01. The van der Waals surface area contributed by atoms with Gasteiger partial charge < -0.3 is 20.4 Å². The Labute approximate surface area is 100 Å². The topological polar surface area (TPSA) is 89.9 Å². The van der Waals surface area contributed by atoms with Gasteiger partial charge in [-0.2, -0.15) is 13.2 Å². The second-order valence-corrected chi connectivity index (χ2v) is 4.01. The number of carbonyl (C=O) groups is 2. The fraction of sp³-hybridized carbons (Fsp3) is 0.778. The van der Waals surface area contributed by atoms with Crippen LogP contribution in [0.15, 0.2) is 0 Å². The number of nitrogens with one attached hydrogen (secondary N) is 1. The first-order chi connectivity index (χ1) is 8.20. The number of urea groups is 1. The van der Waals surface area contributed by atoms with Crippen molar-refractivity contribution in [2.24, 2.45) is 0 Å². The van der Waals surface area contributed by atoms with Crippen LogP contribution < -0.4 is 5.32 Å². The van der Waals surface area contributed by atoms with Crippen LogP contribution in [0.1, 0.15) is 12.8 Å². The molecular weight excluding hydrogens is 257 g/mol. The molecule has 2 amide bonds. The number of carboxylic acids is 1. The van der Waals surface area contributed by atoms with E-state index >= 15 is 0 Å². The van der Waals surface area contributed by atoms with E-state index in [2.05, 4.69) is 0 Å². The van der Waals surface area contributed by atoms with Crippen LogP contribution in [0, 0.1) is 0 Å². The highest BCUT2D eigenvalue weighted by Crippen LogP contribution is 2.29. The number of alkyl halides is 3. The van der Waals surface area contributed by atoms with E-state index in [4.69, 9.17) is 10.2 Å². The van der Waals surface area contributed by atoms with E-state index in [9.17, 15) is 22.8 Å². The molecule has 0 aromatic rings. The summed E-state index contributed by atoms with van der Waals surface area (Å²) in [4.78, 5) is 22.3. The largest absolute Gasteiger partial charge is 0.479 e. The van der Waals surface area contributed by atoms with E-state index in [1.165, 1.54) is 0 Å². The van der Waals surface area contributed by atoms with Crippen LogP contribution in [0.5, 0.6) is 0 Å². The SMILES string of the molecule is O=C(O)[C@@H](O)CNC(=O)N(CC(F)(F)F)C1CC1. The molecular formula is C9H13F3N2O4. The number of nitrogens with zero attached hydrogens (tertiary/aromatic N) is 1. The van der Waals surface area contributed by atoms with Crippen LogP contribution in [0.25, 0.3) is 0 Å². The zero-order valence-corrected chi connectivity index (χ0v) is 9.28. The van der Waals surface area contributed by atoms with Crippen molar-refractivity contribution >= 4 is 12.0 Å². The average Bonchev–Trinajstić information content (AvgIpc) is 3.04. The van der Waals surface area contributed by atoms with E-state index in [0.717, 1.165) is 0 Å². The molecule has 0 radical (unpaired) electrons. The Balaban J connectivity index is 2.48. The number of aliphatic carboxylic acids is 1. The summed E-state index contributed by atoms with van der Waals surface area (Å²) >= 11 is 0. The van der Waals surface area contributed by atoms with E-state index in [0.29, 0.717) is 17.7 Å². The molecule has 9 heteroatoms. The zero-order chi connectivity index (χ0) is 13.9. The van der Waals surface area contributed by atoms with Gasteiger partial charge in [0.15, 0.2) is 6.10 Å². The monoisotopic (exact) mass is 270 g/mol. The quantitative estimate of drug-likeness (QED) is 0.664. The molecule has 1 atom stereocenters. The van der Waals surface area contributed by atoms with Gasteiger partial charge in [-0.1, -0.05) is 0 Å². The van der Waals surface area contributed by atoms with Gasteiger partial charge in [0.25, 0.3) is 0 Å². The lowest BCUT2D eigenvalue weighted by Crippen LogP contribution is -2.48. The van der Waals surface area contributed by atoms with Crippen molar-refractivity contribution in [2.45, 2.75) is 31.2 Å². The van der Waals surface area contributed by atoms with Gasteiger partial charge >= 0.3 is 18.2 Å². The van der Waals surface area contributed by atoms with E-state index in [1.54, 1.807) is 0 Å². The van der Waals surface area contributed by atoms with Crippen molar-refractivity contribution < 1.29 is 33.0 Å². The van der Waals surface area contributed by atoms with Crippen molar-refractivity contribution in [1.82, 2.24) is 10.2 Å². The number of amides is 2. The number of hydrogen-bond donors (Lipinski definition) is 3. The Hall–Kier alpha value is -1.51.